The summed E-state index contributed by atoms with van der Waals surface area (Å²) in [5, 5.41) is 11.0. The number of hydrogen-bond donors (Lipinski definition) is 1. The van der Waals surface area contributed by atoms with E-state index in [0.29, 0.717) is 11.3 Å². The quantitative estimate of drug-likeness (QED) is 0.535. The lowest BCUT2D eigenvalue weighted by Gasteiger charge is -2.14. The first kappa shape index (κ1) is 17.6. The minimum absolute atomic E-state index is 0.116. The number of rotatable bonds is 5. The SMILES string of the molecule is Cc1ccc([N+](=O)[O-])cc1S(=O)(=O)Nc1ccccc1-c1ccccc1. The van der Waals surface area contributed by atoms with E-state index in [-0.39, 0.29) is 10.6 Å². The molecule has 3 aromatic carbocycles. The molecule has 0 saturated heterocycles. The summed E-state index contributed by atoms with van der Waals surface area (Å²) in [5.74, 6) is 0. The van der Waals surface area contributed by atoms with E-state index in [2.05, 4.69) is 4.72 Å². The summed E-state index contributed by atoms with van der Waals surface area (Å²) in [6.07, 6.45) is 0. The van der Waals surface area contributed by atoms with Crippen molar-refractivity contribution in [3.8, 4) is 11.1 Å². The maximum Gasteiger partial charge on any atom is 0.270 e. The number of non-ortho nitro benzene ring substituents is 1. The van der Waals surface area contributed by atoms with Crippen LogP contribution >= 0.6 is 0 Å². The molecule has 3 rings (SSSR count). The molecular weight excluding hydrogens is 352 g/mol. The van der Waals surface area contributed by atoms with Crippen LogP contribution in [0.15, 0.2) is 77.7 Å². The van der Waals surface area contributed by atoms with E-state index in [1.807, 2.05) is 42.5 Å². The van der Waals surface area contributed by atoms with Gasteiger partial charge in [0, 0.05) is 17.7 Å². The van der Waals surface area contributed by atoms with E-state index in [0.717, 1.165) is 17.2 Å². The maximum atomic E-state index is 12.8. The number of nitro groups is 1. The van der Waals surface area contributed by atoms with Crippen molar-refractivity contribution in [2.75, 3.05) is 4.72 Å². The van der Waals surface area contributed by atoms with Gasteiger partial charge in [0.1, 0.15) is 0 Å². The second-order valence-corrected chi connectivity index (χ2v) is 7.37. The Morgan fingerprint density at radius 1 is 0.923 bits per heavy atom. The van der Waals surface area contributed by atoms with E-state index >= 15 is 0 Å². The van der Waals surface area contributed by atoms with Crippen LogP contribution < -0.4 is 4.72 Å². The molecule has 132 valence electrons. The molecule has 3 aromatic rings. The average molecular weight is 368 g/mol. The lowest BCUT2D eigenvalue weighted by molar-refractivity contribution is -0.385. The van der Waals surface area contributed by atoms with E-state index in [1.165, 1.54) is 12.1 Å². The standard InChI is InChI=1S/C19H16N2O4S/c1-14-11-12-16(21(22)23)13-19(14)26(24,25)20-18-10-6-5-9-17(18)15-7-3-2-4-8-15/h2-13,20H,1H3. The highest BCUT2D eigenvalue weighted by Crippen LogP contribution is 2.30. The number of nitro benzene ring substituents is 1. The van der Waals surface area contributed by atoms with Crippen molar-refractivity contribution in [2.24, 2.45) is 0 Å². The molecule has 0 aromatic heterocycles. The summed E-state index contributed by atoms with van der Waals surface area (Å²) in [7, 11) is -3.98. The Labute approximate surface area is 151 Å². The summed E-state index contributed by atoms with van der Waals surface area (Å²) in [4.78, 5) is 10.2. The van der Waals surface area contributed by atoms with Crippen LogP contribution in [0.4, 0.5) is 11.4 Å². The Morgan fingerprint density at radius 2 is 1.58 bits per heavy atom. The smallest absolute Gasteiger partial charge is 0.270 e. The molecule has 6 nitrogen and oxygen atoms in total. The molecule has 0 spiro atoms. The molecule has 0 saturated carbocycles. The van der Waals surface area contributed by atoms with Gasteiger partial charge in [-0.25, -0.2) is 8.42 Å². The van der Waals surface area contributed by atoms with Crippen molar-refractivity contribution < 1.29 is 13.3 Å². The Balaban J connectivity index is 2.05. The van der Waals surface area contributed by atoms with Gasteiger partial charge in [-0.2, -0.15) is 0 Å². The summed E-state index contributed by atoms with van der Waals surface area (Å²) in [6, 6.07) is 20.2. The largest absolute Gasteiger partial charge is 0.279 e. The van der Waals surface area contributed by atoms with E-state index in [9.17, 15) is 18.5 Å². The van der Waals surface area contributed by atoms with Crippen molar-refractivity contribution in [3.05, 3.63) is 88.5 Å². The summed E-state index contributed by atoms with van der Waals surface area (Å²) >= 11 is 0. The zero-order valence-corrected chi connectivity index (χ0v) is 14.7. The minimum Gasteiger partial charge on any atom is -0.279 e. The van der Waals surface area contributed by atoms with Gasteiger partial charge >= 0.3 is 0 Å². The lowest BCUT2D eigenvalue weighted by Crippen LogP contribution is -2.15. The average Bonchev–Trinajstić information content (AvgIpc) is 2.62. The Hall–Kier alpha value is -3.19. The third kappa shape index (κ3) is 3.57. The number of benzene rings is 3. The molecule has 0 radical (unpaired) electrons. The Kier molecular flexibility index (Phi) is 4.73. The second kappa shape index (κ2) is 6.97. The van der Waals surface area contributed by atoms with E-state index in [4.69, 9.17) is 0 Å². The van der Waals surface area contributed by atoms with Gasteiger partial charge in [0.25, 0.3) is 15.7 Å². The van der Waals surface area contributed by atoms with Gasteiger partial charge in [0.2, 0.25) is 0 Å². The van der Waals surface area contributed by atoms with Gasteiger partial charge in [-0.3, -0.25) is 14.8 Å². The van der Waals surface area contributed by atoms with Gasteiger partial charge in [-0.1, -0.05) is 54.6 Å². The van der Waals surface area contributed by atoms with Crippen LogP contribution in [0.1, 0.15) is 5.56 Å². The van der Waals surface area contributed by atoms with Crippen molar-refractivity contribution >= 4 is 21.4 Å². The number of aryl methyl sites for hydroxylation is 1. The van der Waals surface area contributed by atoms with Crippen molar-refractivity contribution in [2.45, 2.75) is 11.8 Å². The highest BCUT2D eigenvalue weighted by Gasteiger charge is 2.21. The fourth-order valence-corrected chi connectivity index (χ4v) is 3.98. The number of sulfonamides is 1. The molecule has 0 aliphatic carbocycles. The molecule has 0 aliphatic heterocycles. The third-order valence-electron chi connectivity index (χ3n) is 3.93. The molecular formula is C19H16N2O4S. The molecule has 7 heteroatoms. The van der Waals surface area contributed by atoms with Crippen LogP contribution in [0.2, 0.25) is 0 Å². The highest BCUT2D eigenvalue weighted by atomic mass is 32.2. The zero-order valence-electron chi connectivity index (χ0n) is 13.9. The Bertz CT molecular complexity index is 1060. The number of hydrogen-bond acceptors (Lipinski definition) is 4. The monoisotopic (exact) mass is 368 g/mol. The predicted molar refractivity (Wildman–Crippen MR) is 101 cm³/mol. The van der Waals surface area contributed by atoms with Crippen LogP contribution in [0, 0.1) is 17.0 Å². The third-order valence-corrected chi connectivity index (χ3v) is 5.44. The number of nitrogens with zero attached hydrogens (tertiary/aromatic N) is 1. The van der Waals surface area contributed by atoms with E-state index in [1.54, 1.807) is 19.1 Å². The molecule has 26 heavy (non-hydrogen) atoms. The number of anilines is 1. The topological polar surface area (TPSA) is 89.3 Å². The van der Waals surface area contributed by atoms with Crippen LogP contribution in [0.5, 0.6) is 0 Å². The first-order valence-electron chi connectivity index (χ1n) is 7.81. The van der Waals surface area contributed by atoms with Crippen LogP contribution in [-0.2, 0) is 10.0 Å². The Morgan fingerprint density at radius 3 is 2.27 bits per heavy atom. The summed E-state index contributed by atoms with van der Waals surface area (Å²) in [6.45, 7) is 1.60. The van der Waals surface area contributed by atoms with Crippen LogP contribution in [0.3, 0.4) is 0 Å². The molecule has 0 amide bonds. The fraction of sp³-hybridized carbons (Fsp3) is 0.0526. The van der Waals surface area contributed by atoms with Crippen LogP contribution in [-0.4, -0.2) is 13.3 Å². The maximum absolute atomic E-state index is 12.8. The molecule has 0 unspecified atom stereocenters. The lowest BCUT2D eigenvalue weighted by atomic mass is 10.0. The normalized spacial score (nSPS) is 11.1. The van der Waals surface area contributed by atoms with E-state index < -0.39 is 14.9 Å². The van der Waals surface area contributed by atoms with Crippen LogP contribution in [0.25, 0.3) is 11.1 Å². The first-order valence-corrected chi connectivity index (χ1v) is 9.29. The van der Waals surface area contributed by atoms with Gasteiger partial charge in [0.15, 0.2) is 0 Å². The summed E-state index contributed by atoms with van der Waals surface area (Å²) in [5.41, 5.74) is 2.15. The summed E-state index contributed by atoms with van der Waals surface area (Å²) < 4.78 is 28.3. The van der Waals surface area contributed by atoms with Crippen molar-refractivity contribution in [1.82, 2.24) is 0 Å². The van der Waals surface area contributed by atoms with Gasteiger partial charge in [-0.05, 0) is 24.1 Å². The highest BCUT2D eigenvalue weighted by molar-refractivity contribution is 7.92. The molecule has 0 fully saturated rings. The molecule has 0 aliphatic rings. The second-order valence-electron chi connectivity index (χ2n) is 5.72. The van der Waals surface area contributed by atoms with Gasteiger partial charge < -0.3 is 0 Å². The molecule has 0 bridgehead atoms. The minimum atomic E-state index is -3.98. The fourth-order valence-electron chi connectivity index (χ4n) is 2.63. The first-order chi connectivity index (χ1) is 12.4. The molecule has 0 heterocycles. The number of para-hydroxylation sites is 1. The predicted octanol–water partition coefficient (Wildman–Crippen LogP) is 4.37. The van der Waals surface area contributed by atoms with Crippen molar-refractivity contribution in [3.63, 3.8) is 0 Å². The molecule has 0 atom stereocenters. The van der Waals surface area contributed by atoms with Gasteiger partial charge in [0.05, 0.1) is 15.5 Å². The van der Waals surface area contributed by atoms with Gasteiger partial charge in [-0.15, -0.1) is 0 Å². The zero-order chi connectivity index (χ0) is 18.7. The molecule has 1 N–H and O–H groups in total. The van der Waals surface area contributed by atoms with Crippen molar-refractivity contribution in [1.29, 1.82) is 0 Å². The number of nitrogens with one attached hydrogen (secondary N) is 1.